The molecule has 0 aromatic rings. The van der Waals surface area contributed by atoms with Crippen molar-refractivity contribution in [2.45, 2.75) is 68.9 Å². The maximum Gasteiger partial charge on any atom is -0.147 e. The van der Waals surface area contributed by atoms with Crippen LogP contribution in [0, 0.1) is 11.8 Å². The van der Waals surface area contributed by atoms with Crippen molar-refractivity contribution >= 4 is 46.8 Å². The molecule has 0 radical (unpaired) electrons. The molecule has 0 heterocycles. The minimum absolute atomic E-state index is 0. The van der Waals surface area contributed by atoms with Crippen molar-refractivity contribution in [3.05, 3.63) is 24.3 Å². The molecule has 1 saturated carbocycles. The third-order valence-electron chi connectivity index (χ3n) is 5.02. The Hall–Kier alpha value is 1.54. The van der Waals surface area contributed by atoms with Crippen molar-refractivity contribution in [2.75, 3.05) is 0 Å². The molecule has 0 spiro atoms. The van der Waals surface area contributed by atoms with Crippen LogP contribution >= 0.6 is 24.8 Å². The maximum atomic E-state index is 3.35. The van der Waals surface area contributed by atoms with Crippen LogP contribution in [0.25, 0.3) is 0 Å². The summed E-state index contributed by atoms with van der Waals surface area (Å²) in [6.07, 6.45) is 12.7. The fourth-order valence-corrected chi connectivity index (χ4v) is 82.1. The molecular weight excluding hydrogens is 552 g/mol. The van der Waals surface area contributed by atoms with Gasteiger partial charge in [0, 0.05) is 0 Å². The van der Waals surface area contributed by atoms with E-state index < -0.39 is 36.8 Å². The molecule has 0 aliphatic heterocycles. The van der Waals surface area contributed by atoms with Crippen molar-refractivity contribution in [3.63, 3.8) is 0 Å². The molecule has 0 bridgehead atoms. The van der Waals surface area contributed by atoms with Gasteiger partial charge in [-0.15, -0.1) is 24.8 Å². The number of hydrogen-bond acceptors (Lipinski definition) is 1. The van der Waals surface area contributed by atoms with Crippen LogP contribution in [0.1, 0.15) is 12.8 Å². The number of fused-ring (bicyclic) bond motifs is 1. The molecule has 3 atom stereocenters. The summed E-state index contributed by atoms with van der Waals surface area (Å²) in [6.45, 7) is 21.1. The summed E-state index contributed by atoms with van der Waals surface area (Å²) in [5.74, 6) is 1.78. The average Bonchev–Trinajstić information content (AvgIpc) is 2.76. The second-order valence-corrected chi connectivity index (χ2v) is 46.5. The van der Waals surface area contributed by atoms with Gasteiger partial charge in [-0.2, -0.15) is 0 Å². The maximum absolute atomic E-state index is 3.35. The molecule has 0 amide bonds. The van der Waals surface area contributed by atoms with Crippen LogP contribution in [0.4, 0.5) is 0 Å². The Bertz CT molecular complexity index is 503. The van der Waals surface area contributed by atoms with Gasteiger partial charge >= 0.3 is 150 Å². The molecule has 140 valence electrons. The van der Waals surface area contributed by atoms with E-state index in [1.807, 2.05) is 0 Å². The van der Waals surface area contributed by atoms with E-state index in [1.54, 1.807) is 0 Å². The molecule has 0 aromatic carbocycles. The topological polar surface area (TPSA) is 3.24 Å². The first kappa shape index (κ1) is 25.5. The largest absolute Gasteiger partial charge is 0.147 e. The molecule has 24 heavy (non-hydrogen) atoms. The fourth-order valence-electron chi connectivity index (χ4n) is 4.76. The Balaban J connectivity index is 0.00000264. The summed E-state index contributed by atoms with van der Waals surface area (Å²) in [5, 5.41) is 0. The Morgan fingerprint density at radius 3 is 1.83 bits per heavy atom. The van der Waals surface area contributed by atoms with Crippen molar-refractivity contribution < 1.29 is 20.4 Å². The number of nitrogens with zero attached hydrogens (tertiary/aromatic N) is 1. The third-order valence-corrected chi connectivity index (χ3v) is 57.4. The summed E-state index contributed by atoms with van der Waals surface area (Å²) >= 11 is -1.76. The molecule has 1 fully saturated rings. The van der Waals surface area contributed by atoms with E-state index in [4.69, 9.17) is 0 Å². The number of rotatable bonds is 4. The van der Waals surface area contributed by atoms with Crippen LogP contribution in [-0.2, 0) is 20.4 Å². The van der Waals surface area contributed by atoms with Gasteiger partial charge in [0.05, 0.1) is 0 Å². The molecule has 0 aromatic heterocycles. The molecule has 2 rings (SSSR count). The van der Waals surface area contributed by atoms with Crippen molar-refractivity contribution in [1.29, 1.82) is 0 Å². The zero-order valence-corrected chi connectivity index (χ0v) is 24.9. The summed E-state index contributed by atoms with van der Waals surface area (Å²) in [4.78, 5) is 0. The van der Waals surface area contributed by atoms with Gasteiger partial charge in [-0.3, -0.25) is 0 Å². The number of hydrogen-bond donors (Lipinski definition) is 0. The third kappa shape index (κ3) is 5.77. The molecular formula is C17H37Cl2HfNSi3. The predicted molar refractivity (Wildman–Crippen MR) is 119 cm³/mol. The number of halogens is 2. The van der Waals surface area contributed by atoms with Crippen molar-refractivity contribution in [1.82, 2.24) is 2.22 Å². The first-order valence-electron chi connectivity index (χ1n) is 8.86. The van der Waals surface area contributed by atoms with E-state index in [1.165, 1.54) is 12.8 Å². The molecule has 0 saturated heterocycles. The van der Waals surface area contributed by atoms with Gasteiger partial charge in [0.1, 0.15) is 0 Å². The van der Waals surface area contributed by atoms with Crippen LogP contribution < -0.4 is 0 Å². The summed E-state index contributed by atoms with van der Waals surface area (Å²) in [6, 6.07) is 0. The second kappa shape index (κ2) is 9.65. The van der Waals surface area contributed by atoms with Crippen LogP contribution in [0.3, 0.4) is 0 Å². The molecule has 1 nitrogen and oxygen atoms in total. The smallest absolute Gasteiger partial charge is 0.147 e. The number of allylic oxidation sites excluding steroid dienone is 4. The molecule has 2 aliphatic rings. The van der Waals surface area contributed by atoms with Gasteiger partial charge in [-0.1, -0.05) is 0 Å². The second-order valence-electron chi connectivity index (χ2n) is 9.26. The monoisotopic (exact) mass is 589 g/mol. The zero-order valence-electron chi connectivity index (χ0n) is 16.7. The molecule has 3 unspecified atom stereocenters. The first-order valence-corrected chi connectivity index (χ1v) is 27.3. The van der Waals surface area contributed by atoms with Crippen molar-refractivity contribution in [2.24, 2.45) is 11.8 Å². The summed E-state index contributed by atoms with van der Waals surface area (Å²) in [5.41, 5.74) is -0.119. The van der Waals surface area contributed by atoms with E-state index in [-0.39, 0.29) is 30.3 Å². The van der Waals surface area contributed by atoms with Gasteiger partial charge in [0.25, 0.3) is 0 Å². The van der Waals surface area contributed by atoms with E-state index >= 15 is 0 Å². The minimum Gasteiger partial charge on any atom is -0.147 e. The van der Waals surface area contributed by atoms with Gasteiger partial charge < -0.3 is 0 Å². The Morgan fingerprint density at radius 2 is 1.38 bits per heavy atom. The Morgan fingerprint density at radius 1 is 0.875 bits per heavy atom. The quantitative estimate of drug-likeness (QED) is 0.338. The van der Waals surface area contributed by atoms with Crippen LogP contribution in [0.5, 0.6) is 0 Å². The Labute approximate surface area is 173 Å². The van der Waals surface area contributed by atoms with E-state index in [0.717, 1.165) is 15.5 Å². The average molecular weight is 589 g/mol. The Kier molecular flexibility index (Phi) is 10.3. The van der Waals surface area contributed by atoms with E-state index in [9.17, 15) is 0 Å². The van der Waals surface area contributed by atoms with Crippen LogP contribution in [0.2, 0.25) is 56.1 Å². The van der Waals surface area contributed by atoms with Crippen molar-refractivity contribution in [3.8, 4) is 0 Å². The molecule has 0 N–H and O–H groups in total. The standard InChI is InChI=1S/C9H11.C6H18NSi2.C2H6Si.2ClH.Hf/c1-2-5-9-7-3-6-8(9)4-1;1-8(2,3)7-9(4,5)6;1-3-2;;;/h1-2,4-6,8-9H,3,7H2;1-6H3;1-2H3;2*1H;/q;-1;;;;+1. The molecule has 2 aliphatic carbocycles. The normalized spacial score (nSPS) is 25.8. The van der Waals surface area contributed by atoms with E-state index in [2.05, 4.69) is 78.9 Å². The van der Waals surface area contributed by atoms with Crippen LogP contribution in [-0.4, -0.2) is 24.2 Å². The fraction of sp³-hybridized carbons (Fsp3) is 0.765. The van der Waals surface area contributed by atoms with Gasteiger partial charge in [0.2, 0.25) is 0 Å². The SMILES string of the molecule is C[Si](C)=[Hf]([CH]1CCC2C=CC=CC21)[N]([Si](C)(C)C)[Si](C)(C)C.Cl.Cl. The zero-order chi connectivity index (χ0) is 16.7. The van der Waals surface area contributed by atoms with Gasteiger partial charge in [0.15, 0.2) is 0 Å². The first-order chi connectivity index (χ1) is 10.0. The predicted octanol–water partition coefficient (Wildman–Crippen LogP) is 6.53. The van der Waals surface area contributed by atoms with Gasteiger partial charge in [-0.05, 0) is 0 Å². The van der Waals surface area contributed by atoms with Crippen LogP contribution in [0.15, 0.2) is 24.3 Å². The molecule has 7 heteroatoms. The summed E-state index contributed by atoms with van der Waals surface area (Å²) < 4.78 is 4.46. The minimum atomic E-state index is -1.76. The van der Waals surface area contributed by atoms with Gasteiger partial charge in [-0.25, -0.2) is 0 Å². The summed E-state index contributed by atoms with van der Waals surface area (Å²) in [7, 11) is -2.40. The van der Waals surface area contributed by atoms with E-state index in [0.29, 0.717) is 0 Å².